The lowest BCUT2D eigenvalue weighted by Gasteiger charge is -1.98. The van der Waals surface area contributed by atoms with Gasteiger partial charge in [-0.3, -0.25) is 0 Å². The van der Waals surface area contributed by atoms with Crippen molar-refractivity contribution in [2.24, 2.45) is 0 Å². The Bertz CT molecular complexity index is 208. The fourth-order valence-electron chi connectivity index (χ4n) is 1.78. The van der Waals surface area contributed by atoms with Crippen LogP contribution < -0.4 is 0 Å². The summed E-state index contributed by atoms with van der Waals surface area (Å²) in [5.74, 6) is 0. The lowest BCUT2D eigenvalue weighted by Crippen LogP contribution is -1.78. The fourth-order valence-corrected chi connectivity index (χ4v) is 1.78. The molecule has 0 saturated carbocycles. The van der Waals surface area contributed by atoms with Crippen LogP contribution in [-0.2, 0) is 0 Å². The first kappa shape index (κ1) is 16.2. The summed E-state index contributed by atoms with van der Waals surface area (Å²) in [6.45, 7) is 4.32. The predicted octanol–water partition coefficient (Wildman–Crippen LogP) is 6.21. The second-order valence-electron chi connectivity index (χ2n) is 4.57. The van der Waals surface area contributed by atoms with Crippen molar-refractivity contribution in [1.29, 1.82) is 0 Å². The topological polar surface area (TPSA) is 0 Å². The molecule has 0 saturated heterocycles. The Morgan fingerprint density at radius 3 is 2.12 bits per heavy atom. The molecule has 0 unspecified atom stereocenters. The van der Waals surface area contributed by atoms with Crippen LogP contribution in [0.15, 0.2) is 36.5 Å². The highest BCUT2D eigenvalue weighted by molar-refractivity contribution is 5.03. The molecule has 0 amide bonds. The van der Waals surface area contributed by atoms with E-state index in [1.807, 2.05) is 6.92 Å². The van der Waals surface area contributed by atoms with E-state index in [4.69, 9.17) is 0 Å². The molecule has 0 aliphatic rings. The van der Waals surface area contributed by atoms with Crippen LogP contribution in [0.25, 0.3) is 0 Å². The van der Waals surface area contributed by atoms with Gasteiger partial charge in [-0.2, -0.15) is 0 Å². The second-order valence-corrected chi connectivity index (χ2v) is 4.57. The molecule has 0 radical (unpaired) electrons. The Hall–Kier alpha value is -0.780. The molecule has 0 atom stereocenters. The molecule has 0 nitrogen and oxygen atoms in total. The van der Waals surface area contributed by atoms with E-state index in [9.17, 15) is 0 Å². The van der Waals surface area contributed by atoms with Crippen LogP contribution in [0, 0.1) is 0 Å². The van der Waals surface area contributed by atoms with Crippen molar-refractivity contribution in [3.8, 4) is 0 Å². The molecule has 0 fully saturated rings. The molecule has 0 aliphatic heterocycles. The van der Waals surface area contributed by atoms with E-state index < -0.39 is 0 Å². The number of unbranched alkanes of at least 4 members (excludes halogenated alkanes) is 7. The first-order chi connectivity index (χ1) is 8.41. The zero-order valence-corrected chi connectivity index (χ0v) is 11.8. The number of rotatable bonds is 11. The second kappa shape index (κ2) is 15.2. The summed E-state index contributed by atoms with van der Waals surface area (Å²) < 4.78 is 0. The van der Waals surface area contributed by atoms with Crippen molar-refractivity contribution in [3.05, 3.63) is 36.5 Å². The maximum atomic E-state index is 2.33. The van der Waals surface area contributed by atoms with E-state index in [-0.39, 0.29) is 0 Å². The SMILES string of the molecule is CC=CC=CCC=CCCCCCCCCC. The summed E-state index contributed by atoms with van der Waals surface area (Å²) in [5.41, 5.74) is 0. The van der Waals surface area contributed by atoms with Gasteiger partial charge < -0.3 is 0 Å². The normalized spacial score (nSPS) is 12.4. The molecule has 17 heavy (non-hydrogen) atoms. The molecule has 98 valence electrons. The van der Waals surface area contributed by atoms with Gasteiger partial charge >= 0.3 is 0 Å². The molecule has 0 aromatic heterocycles. The molecule has 0 N–H and O–H groups in total. The van der Waals surface area contributed by atoms with Crippen molar-refractivity contribution in [2.75, 3.05) is 0 Å². The van der Waals surface area contributed by atoms with Crippen LogP contribution in [0.5, 0.6) is 0 Å². The highest BCUT2D eigenvalue weighted by Gasteiger charge is 1.88. The molecule has 0 aromatic carbocycles. The molecule has 0 rings (SSSR count). The Labute approximate surface area is 109 Å². The minimum atomic E-state index is 1.07. The number of allylic oxidation sites excluding steroid dienone is 6. The molecular weight excluding hydrogens is 204 g/mol. The van der Waals surface area contributed by atoms with E-state index in [0.29, 0.717) is 0 Å². The first-order valence-corrected chi connectivity index (χ1v) is 7.34. The molecule has 0 bridgehead atoms. The van der Waals surface area contributed by atoms with E-state index >= 15 is 0 Å². The highest BCUT2D eigenvalue weighted by Crippen LogP contribution is 2.08. The maximum absolute atomic E-state index is 2.33. The lowest BCUT2D eigenvalue weighted by molar-refractivity contribution is 0.592. The summed E-state index contributed by atoms with van der Waals surface area (Å²) in [4.78, 5) is 0. The largest absolute Gasteiger partial charge is 0.0882 e. The highest BCUT2D eigenvalue weighted by atomic mass is 13.9. The van der Waals surface area contributed by atoms with Crippen molar-refractivity contribution in [2.45, 2.75) is 71.6 Å². The van der Waals surface area contributed by atoms with E-state index in [0.717, 1.165) is 6.42 Å². The molecule has 0 aliphatic carbocycles. The van der Waals surface area contributed by atoms with E-state index in [1.54, 1.807) is 0 Å². The summed E-state index contributed by atoms with van der Waals surface area (Å²) in [7, 11) is 0. The van der Waals surface area contributed by atoms with Crippen molar-refractivity contribution in [1.82, 2.24) is 0 Å². The monoisotopic (exact) mass is 234 g/mol. The quantitative estimate of drug-likeness (QED) is 0.227. The third-order valence-corrected chi connectivity index (χ3v) is 2.85. The molecule has 0 spiro atoms. The average molecular weight is 234 g/mol. The van der Waals surface area contributed by atoms with Crippen molar-refractivity contribution in [3.63, 3.8) is 0 Å². The van der Waals surface area contributed by atoms with E-state index in [1.165, 1.54) is 51.4 Å². The zero-order chi connectivity index (χ0) is 12.6. The molecule has 0 aromatic rings. The Morgan fingerprint density at radius 1 is 0.706 bits per heavy atom. The average Bonchev–Trinajstić information content (AvgIpc) is 2.35. The van der Waals surface area contributed by atoms with Crippen LogP contribution in [0.1, 0.15) is 71.6 Å². The van der Waals surface area contributed by atoms with Crippen LogP contribution in [-0.4, -0.2) is 0 Å². The minimum absolute atomic E-state index is 1.07. The van der Waals surface area contributed by atoms with Gasteiger partial charge in [-0.05, 0) is 26.2 Å². The number of hydrogen-bond donors (Lipinski definition) is 0. The van der Waals surface area contributed by atoms with Gasteiger partial charge in [0, 0.05) is 0 Å². The standard InChI is InChI=1S/C17H30/c1-3-5-7-9-11-13-15-17-16-14-12-10-8-6-4-2/h3,5,7,9,13,15H,4,6,8,10-12,14,16-17H2,1-2H3. The minimum Gasteiger partial charge on any atom is -0.0882 e. The first-order valence-electron chi connectivity index (χ1n) is 7.34. The maximum Gasteiger partial charge on any atom is -0.0166 e. The summed E-state index contributed by atoms with van der Waals surface area (Å²) >= 11 is 0. The molecule has 0 heterocycles. The van der Waals surface area contributed by atoms with Gasteiger partial charge in [-0.25, -0.2) is 0 Å². The third kappa shape index (κ3) is 15.2. The molecule has 0 heteroatoms. The van der Waals surface area contributed by atoms with Crippen molar-refractivity contribution < 1.29 is 0 Å². The predicted molar refractivity (Wildman–Crippen MR) is 80.3 cm³/mol. The smallest absolute Gasteiger partial charge is 0.0166 e. The third-order valence-electron chi connectivity index (χ3n) is 2.85. The van der Waals surface area contributed by atoms with Crippen LogP contribution in [0.3, 0.4) is 0 Å². The van der Waals surface area contributed by atoms with E-state index in [2.05, 4.69) is 43.4 Å². The summed E-state index contributed by atoms with van der Waals surface area (Å²) in [6.07, 6.45) is 25.2. The Kier molecular flexibility index (Phi) is 14.5. The van der Waals surface area contributed by atoms with Crippen LogP contribution in [0.4, 0.5) is 0 Å². The summed E-state index contributed by atoms with van der Waals surface area (Å²) in [5, 5.41) is 0. The van der Waals surface area contributed by atoms with Crippen LogP contribution in [0.2, 0.25) is 0 Å². The van der Waals surface area contributed by atoms with Gasteiger partial charge in [0.25, 0.3) is 0 Å². The van der Waals surface area contributed by atoms with Gasteiger partial charge in [0.1, 0.15) is 0 Å². The Morgan fingerprint density at radius 2 is 1.41 bits per heavy atom. The fraction of sp³-hybridized carbons (Fsp3) is 0.647. The lowest BCUT2D eigenvalue weighted by atomic mass is 10.1. The zero-order valence-electron chi connectivity index (χ0n) is 11.8. The van der Waals surface area contributed by atoms with Gasteiger partial charge in [-0.1, -0.05) is 81.9 Å². The van der Waals surface area contributed by atoms with Gasteiger partial charge in [0.15, 0.2) is 0 Å². The van der Waals surface area contributed by atoms with Gasteiger partial charge in [-0.15, -0.1) is 0 Å². The van der Waals surface area contributed by atoms with Crippen LogP contribution >= 0.6 is 0 Å². The Balaban J connectivity index is 3.14. The van der Waals surface area contributed by atoms with Crippen molar-refractivity contribution >= 4 is 0 Å². The summed E-state index contributed by atoms with van der Waals surface area (Å²) in [6, 6.07) is 0. The molecular formula is C17H30. The van der Waals surface area contributed by atoms with Gasteiger partial charge in [0.05, 0.1) is 0 Å². The number of hydrogen-bond acceptors (Lipinski definition) is 0. The van der Waals surface area contributed by atoms with Gasteiger partial charge in [0.2, 0.25) is 0 Å².